The standard InChI is InChI=1S/C20H23NO3/c1-14-6-3-4-7-16(14)18-8-5-11-21(18)13-15-9-10-19(24-2)17(12-15)20(22)23/h3-4,6-7,9-10,12,18H,5,8,11,13H2,1-2H3,(H,22,23)/t18-/m0/s1. The van der Waals surface area contributed by atoms with Gasteiger partial charge in [0.05, 0.1) is 7.11 Å². The highest BCUT2D eigenvalue weighted by atomic mass is 16.5. The Labute approximate surface area is 142 Å². The molecule has 0 bridgehead atoms. The van der Waals surface area contributed by atoms with Gasteiger partial charge in [-0.1, -0.05) is 30.3 Å². The zero-order valence-corrected chi connectivity index (χ0v) is 14.2. The molecule has 1 saturated heterocycles. The molecule has 0 amide bonds. The van der Waals surface area contributed by atoms with Gasteiger partial charge in [-0.2, -0.15) is 0 Å². The first-order chi connectivity index (χ1) is 11.6. The van der Waals surface area contributed by atoms with E-state index in [1.807, 2.05) is 6.07 Å². The minimum absolute atomic E-state index is 0.224. The van der Waals surface area contributed by atoms with E-state index in [4.69, 9.17) is 4.74 Å². The van der Waals surface area contributed by atoms with Gasteiger partial charge in [0, 0.05) is 12.6 Å². The van der Waals surface area contributed by atoms with Crippen molar-refractivity contribution in [1.29, 1.82) is 0 Å². The average molecular weight is 325 g/mol. The van der Waals surface area contributed by atoms with Gasteiger partial charge in [-0.05, 0) is 55.1 Å². The molecule has 1 N–H and O–H groups in total. The highest BCUT2D eigenvalue weighted by Crippen LogP contribution is 2.35. The van der Waals surface area contributed by atoms with E-state index in [1.54, 1.807) is 12.1 Å². The van der Waals surface area contributed by atoms with Crippen molar-refractivity contribution in [2.24, 2.45) is 0 Å². The van der Waals surface area contributed by atoms with Crippen LogP contribution in [0.3, 0.4) is 0 Å². The molecule has 0 radical (unpaired) electrons. The van der Waals surface area contributed by atoms with Crippen molar-refractivity contribution in [3.8, 4) is 5.75 Å². The molecule has 0 aliphatic carbocycles. The number of carboxylic acid groups (broad SMARTS) is 1. The summed E-state index contributed by atoms with van der Waals surface area (Å²) < 4.78 is 5.14. The largest absolute Gasteiger partial charge is 0.496 e. The van der Waals surface area contributed by atoms with Crippen molar-refractivity contribution >= 4 is 5.97 Å². The van der Waals surface area contributed by atoms with E-state index < -0.39 is 5.97 Å². The monoisotopic (exact) mass is 325 g/mol. The first-order valence-electron chi connectivity index (χ1n) is 8.30. The summed E-state index contributed by atoms with van der Waals surface area (Å²) in [4.78, 5) is 13.8. The van der Waals surface area contributed by atoms with E-state index in [0.29, 0.717) is 11.8 Å². The Kier molecular flexibility index (Phi) is 4.86. The Hall–Kier alpha value is -2.33. The van der Waals surface area contributed by atoms with Crippen LogP contribution in [0.15, 0.2) is 42.5 Å². The summed E-state index contributed by atoms with van der Waals surface area (Å²) >= 11 is 0. The van der Waals surface area contributed by atoms with Crippen molar-refractivity contribution in [1.82, 2.24) is 4.90 Å². The maximum atomic E-state index is 11.4. The zero-order valence-electron chi connectivity index (χ0n) is 14.2. The molecule has 0 spiro atoms. The predicted molar refractivity (Wildman–Crippen MR) is 93.5 cm³/mol. The van der Waals surface area contributed by atoms with Gasteiger partial charge in [0.1, 0.15) is 11.3 Å². The number of benzene rings is 2. The highest BCUT2D eigenvalue weighted by Gasteiger charge is 2.27. The number of hydrogen-bond acceptors (Lipinski definition) is 3. The van der Waals surface area contributed by atoms with E-state index in [2.05, 4.69) is 36.1 Å². The summed E-state index contributed by atoms with van der Waals surface area (Å²) in [7, 11) is 1.50. The number of carboxylic acids is 1. The summed E-state index contributed by atoms with van der Waals surface area (Å²) in [5.74, 6) is -0.547. The fourth-order valence-electron chi connectivity index (χ4n) is 3.58. The second-order valence-corrected chi connectivity index (χ2v) is 6.32. The van der Waals surface area contributed by atoms with E-state index in [0.717, 1.165) is 25.1 Å². The van der Waals surface area contributed by atoms with E-state index in [1.165, 1.54) is 24.7 Å². The molecule has 24 heavy (non-hydrogen) atoms. The number of nitrogens with zero attached hydrogens (tertiary/aromatic N) is 1. The van der Waals surface area contributed by atoms with Gasteiger partial charge in [0.2, 0.25) is 0 Å². The first kappa shape index (κ1) is 16.5. The second kappa shape index (κ2) is 7.05. The van der Waals surface area contributed by atoms with Gasteiger partial charge in [0.25, 0.3) is 0 Å². The lowest BCUT2D eigenvalue weighted by atomic mass is 9.99. The van der Waals surface area contributed by atoms with Crippen LogP contribution in [0.1, 0.15) is 45.9 Å². The Bertz CT molecular complexity index is 741. The number of hydrogen-bond donors (Lipinski definition) is 1. The number of ether oxygens (including phenoxy) is 1. The quantitative estimate of drug-likeness (QED) is 0.901. The molecule has 0 saturated carbocycles. The third kappa shape index (κ3) is 3.29. The maximum absolute atomic E-state index is 11.4. The van der Waals surface area contributed by atoms with Crippen molar-refractivity contribution in [3.05, 3.63) is 64.7 Å². The van der Waals surface area contributed by atoms with Crippen LogP contribution in [0.2, 0.25) is 0 Å². The van der Waals surface area contributed by atoms with Crippen molar-refractivity contribution < 1.29 is 14.6 Å². The molecular formula is C20H23NO3. The van der Waals surface area contributed by atoms with E-state index >= 15 is 0 Å². The molecule has 126 valence electrons. The van der Waals surface area contributed by atoms with E-state index in [9.17, 15) is 9.90 Å². The molecule has 2 aromatic rings. The van der Waals surface area contributed by atoms with Gasteiger partial charge < -0.3 is 9.84 Å². The molecule has 1 aliphatic heterocycles. The fourth-order valence-corrected chi connectivity index (χ4v) is 3.58. The minimum Gasteiger partial charge on any atom is -0.496 e. The highest BCUT2D eigenvalue weighted by molar-refractivity contribution is 5.91. The zero-order chi connectivity index (χ0) is 17.1. The van der Waals surface area contributed by atoms with Gasteiger partial charge in [-0.25, -0.2) is 4.79 Å². The molecular weight excluding hydrogens is 302 g/mol. The van der Waals surface area contributed by atoms with Gasteiger partial charge in [-0.15, -0.1) is 0 Å². The molecule has 3 rings (SSSR count). The minimum atomic E-state index is -0.953. The molecule has 0 unspecified atom stereocenters. The van der Waals surface area contributed by atoms with Crippen LogP contribution in [0, 0.1) is 6.92 Å². The third-order valence-electron chi connectivity index (χ3n) is 4.79. The lowest BCUT2D eigenvalue weighted by Gasteiger charge is -2.26. The van der Waals surface area contributed by atoms with Crippen molar-refractivity contribution in [3.63, 3.8) is 0 Å². The SMILES string of the molecule is COc1ccc(CN2CCC[C@H]2c2ccccc2C)cc1C(=O)O. The van der Waals surface area contributed by atoms with Crippen LogP contribution in [0.25, 0.3) is 0 Å². The Morgan fingerprint density at radius 1 is 1.29 bits per heavy atom. The lowest BCUT2D eigenvalue weighted by Crippen LogP contribution is -2.23. The summed E-state index contributed by atoms with van der Waals surface area (Å²) in [5, 5.41) is 9.35. The molecule has 1 fully saturated rings. The first-order valence-corrected chi connectivity index (χ1v) is 8.30. The Balaban J connectivity index is 1.84. The van der Waals surface area contributed by atoms with Crippen LogP contribution >= 0.6 is 0 Å². The number of rotatable bonds is 5. The fraction of sp³-hybridized carbons (Fsp3) is 0.350. The van der Waals surface area contributed by atoms with Crippen molar-refractivity contribution in [2.75, 3.05) is 13.7 Å². The summed E-state index contributed by atoms with van der Waals surface area (Å²) in [6.07, 6.45) is 2.31. The summed E-state index contributed by atoms with van der Waals surface area (Å²) in [5.41, 5.74) is 3.92. The van der Waals surface area contributed by atoms with Gasteiger partial charge >= 0.3 is 5.97 Å². The number of likely N-dealkylation sites (tertiary alicyclic amines) is 1. The molecule has 1 aliphatic rings. The maximum Gasteiger partial charge on any atom is 0.339 e. The predicted octanol–water partition coefficient (Wildman–Crippen LogP) is 4.04. The number of methoxy groups -OCH3 is 1. The number of aromatic carboxylic acids is 1. The molecule has 2 aromatic carbocycles. The molecule has 4 nitrogen and oxygen atoms in total. The Morgan fingerprint density at radius 3 is 2.79 bits per heavy atom. The number of aryl methyl sites for hydroxylation is 1. The Morgan fingerprint density at radius 2 is 2.08 bits per heavy atom. The van der Waals surface area contributed by atoms with Gasteiger partial charge in [-0.3, -0.25) is 4.90 Å². The smallest absolute Gasteiger partial charge is 0.339 e. The van der Waals surface area contributed by atoms with Crippen LogP contribution in [-0.4, -0.2) is 29.6 Å². The van der Waals surface area contributed by atoms with Crippen LogP contribution < -0.4 is 4.74 Å². The van der Waals surface area contributed by atoms with Crippen LogP contribution in [0.5, 0.6) is 5.75 Å². The normalized spacial score (nSPS) is 17.8. The summed E-state index contributed by atoms with van der Waals surface area (Å²) in [6, 6.07) is 14.4. The van der Waals surface area contributed by atoms with Crippen LogP contribution in [0.4, 0.5) is 0 Å². The average Bonchev–Trinajstić information content (AvgIpc) is 3.03. The summed E-state index contributed by atoms with van der Waals surface area (Å²) in [6.45, 7) is 3.94. The molecule has 1 heterocycles. The topological polar surface area (TPSA) is 49.8 Å². The van der Waals surface area contributed by atoms with Crippen LogP contribution in [-0.2, 0) is 6.54 Å². The second-order valence-electron chi connectivity index (χ2n) is 6.32. The van der Waals surface area contributed by atoms with Crippen molar-refractivity contribution in [2.45, 2.75) is 32.4 Å². The number of carbonyl (C=O) groups is 1. The lowest BCUT2D eigenvalue weighted by molar-refractivity contribution is 0.0693. The van der Waals surface area contributed by atoms with Gasteiger partial charge in [0.15, 0.2) is 0 Å². The molecule has 0 aromatic heterocycles. The molecule has 1 atom stereocenters. The van der Waals surface area contributed by atoms with E-state index in [-0.39, 0.29) is 5.56 Å². The molecule has 4 heteroatoms. The third-order valence-corrected chi connectivity index (χ3v) is 4.79.